The second-order valence-electron chi connectivity index (χ2n) is 7.64. The van der Waals surface area contributed by atoms with Crippen LogP contribution in [0.1, 0.15) is 28.5 Å². The molecule has 0 aliphatic carbocycles. The van der Waals surface area contributed by atoms with Gasteiger partial charge in [0.1, 0.15) is 16.9 Å². The number of Topliss-reactive ketones (excluding diaryl/α,β-unsaturated/α-hetero) is 1. The Balaban J connectivity index is 1.47. The van der Waals surface area contributed by atoms with Gasteiger partial charge in [-0.25, -0.2) is 9.37 Å². The summed E-state index contributed by atoms with van der Waals surface area (Å²) in [7, 11) is 0. The molecule has 0 spiro atoms. The molecule has 1 aliphatic rings. The maximum atomic E-state index is 13.0. The third kappa shape index (κ3) is 6.60. The Labute approximate surface area is 195 Å². The molecule has 33 heavy (non-hydrogen) atoms. The van der Waals surface area contributed by atoms with Crippen molar-refractivity contribution in [2.45, 2.75) is 18.9 Å². The lowest BCUT2D eigenvalue weighted by atomic mass is 10.1. The molecule has 1 aromatic heterocycles. The first kappa shape index (κ1) is 24.4. The van der Waals surface area contributed by atoms with Crippen LogP contribution in [-0.4, -0.2) is 70.9 Å². The van der Waals surface area contributed by atoms with Crippen LogP contribution in [0.3, 0.4) is 0 Å². The van der Waals surface area contributed by atoms with E-state index >= 15 is 0 Å². The number of nitrogens with zero attached hydrogens (tertiary/aromatic N) is 4. The van der Waals surface area contributed by atoms with E-state index in [1.165, 1.54) is 49.0 Å². The summed E-state index contributed by atoms with van der Waals surface area (Å²) < 4.78 is 13.0. The number of pyridine rings is 1. The standard InChI is InChI=1S/C23H24FN5O3S/c1-15-20(16(2)30)11-17(12-25)23(26-15)33-14-22(32)29-9-7-28(8-10-29)13-21(31)27-19-5-3-18(24)4-6-19/h3-6,11H,7-10,13-14H2,1-2H3,(H,27,31). The third-order valence-electron chi connectivity index (χ3n) is 5.23. The van der Waals surface area contributed by atoms with Gasteiger partial charge in [0.2, 0.25) is 11.8 Å². The number of rotatable bonds is 7. The van der Waals surface area contributed by atoms with Gasteiger partial charge in [-0.15, -0.1) is 0 Å². The molecule has 1 saturated heterocycles. The second kappa shape index (κ2) is 11.0. The summed E-state index contributed by atoms with van der Waals surface area (Å²) >= 11 is 1.18. The number of carbonyl (C=O) groups is 3. The summed E-state index contributed by atoms with van der Waals surface area (Å²) in [6.45, 7) is 5.41. The van der Waals surface area contributed by atoms with Gasteiger partial charge in [-0.05, 0) is 44.2 Å². The predicted molar refractivity (Wildman–Crippen MR) is 122 cm³/mol. The molecule has 1 N–H and O–H groups in total. The van der Waals surface area contributed by atoms with Gasteiger partial charge in [-0.2, -0.15) is 5.26 Å². The fourth-order valence-electron chi connectivity index (χ4n) is 3.44. The molecular weight excluding hydrogens is 445 g/mol. The number of ketones is 1. The van der Waals surface area contributed by atoms with Crippen LogP contribution in [0.15, 0.2) is 35.4 Å². The zero-order valence-corrected chi connectivity index (χ0v) is 19.2. The monoisotopic (exact) mass is 469 g/mol. The molecule has 0 atom stereocenters. The van der Waals surface area contributed by atoms with Crippen LogP contribution in [0, 0.1) is 24.1 Å². The van der Waals surface area contributed by atoms with Crippen LogP contribution >= 0.6 is 11.8 Å². The van der Waals surface area contributed by atoms with Crippen molar-refractivity contribution in [2.24, 2.45) is 0 Å². The number of thioether (sulfide) groups is 1. The number of halogens is 1. The van der Waals surface area contributed by atoms with E-state index in [0.717, 1.165) is 0 Å². The van der Waals surface area contributed by atoms with Crippen LogP contribution in [-0.2, 0) is 9.59 Å². The van der Waals surface area contributed by atoms with Crippen LogP contribution in [0.4, 0.5) is 10.1 Å². The number of nitriles is 1. The van der Waals surface area contributed by atoms with E-state index in [1.54, 1.807) is 11.8 Å². The fraction of sp³-hybridized carbons (Fsp3) is 0.348. The lowest BCUT2D eigenvalue weighted by Gasteiger charge is -2.34. The van der Waals surface area contributed by atoms with Crippen molar-refractivity contribution in [3.63, 3.8) is 0 Å². The molecule has 1 aliphatic heterocycles. The molecule has 172 valence electrons. The number of hydrogen-bond donors (Lipinski definition) is 1. The lowest BCUT2D eigenvalue weighted by molar-refractivity contribution is -0.130. The first-order chi connectivity index (χ1) is 15.8. The molecule has 1 fully saturated rings. The highest BCUT2D eigenvalue weighted by Gasteiger charge is 2.23. The first-order valence-electron chi connectivity index (χ1n) is 10.4. The Hall–Kier alpha value is -3.29. The van der Waals surface area contributed by atoms with Gasteiger partial charge < -0.3 is 10.2 Å². The van der Waals surface area contributed by atoms with Gasteiger partial charge in [0.25, 0.3) is 0 Å². The lowest BCUT2D eigenvalue weighted by Crippen LogP contribution is -2.50. The zero-order valence-electron chi connectivity index (χ0n) is 18.4. The highest BCUT2D eigenvalue weighted by atomic mass is 32.2. The zero-order chi connectivity index (χ0) is 24.0. The maximum Gasteiger partial charge on any atom is 0.238 e. The molecule has 2 heterocycles. The molecule has 0 unspecified atom stereocenters. The summed E-state index contributed by atoms with van der Waals surface area (Å²) in [4.78, 5) is 44.5. The van der Waals surface area contributed by atoms with E-state index in [0.29, 0.717) is 48.1 Å². The van der Waals surface area contributed by atoms with Crippen LogP contribution in [0.5, 0.6) is 0 Å². The molecule has 2 amide bonds. The maximum absolute atomic E-state index is 13.0. The summed E-state index contributed by atoms with van der Waals surface area (Å²) in [5.74, 6) is -0.667. The number of amides is 2. The summed E-state index contributed by atoms with van der Waals surface area (Å²) in [5.41, 5.74) is 1.75. The number of aryl methyl sites for hydroxylation is 1. The quantitative estimate of drug-likeness (QED) is 0.490. The van der Waals surface area contributed by atoms with Gasteiger partial charge in [-0.3, -0.25) is 19.3 Å². The number of nitrogens with one attached hydrogen (secondary N) is 1. The highest BCUT2D eigenvalue weighted by molar-refractivity contribution is 8.00. The molecular formula is C23H24FN5O3S. The van der Waals surface area contributed by atoms with E-state index in [1.807, 2.05) is 11.0 Å². The molecule has 8 nitrogen and oxygen atoms in total. The largest absolute Gasteiger partial charge is 0.339 e. The van der Waals surface area contributed by atoms with Crippen molar-refractivity contribution in [3.05, 3.63) is 53.0 Å². The summed E-state index contributed by atoms with van der Waals surface area (Å²) in [5, 5.41) is 12.5. The topological polar surface area (TPSA) is 106 Å². The number of benzene rings is 1. The molecule has 1 aromatic carbocycles. The minimum atomic E-state index is -0.366. The molecule has 3 rings (SSSR count). The fourth-order valence-corrected chi connectivity index (χ4v) is 4.35. The van der Waals surface area contributed by atoms with Crippen LogP contribution in [0.2, 0.25) is 0 Å². The van der Waals surface area contributed by atoms with Crippen molar-refractivity contribution < 1.29 is 18.8 Å². The van der Waals surface area contributed by atoms with Crippen molar-refractivity contribution in [1.82, 2.24) is 14.8 Å². The van der Waals surface area contributed by atoms with Gasteiger partial charge in [0.05, 0.1) is 17.9 Å². The smallest absolute Gasteiger partial charge is 0.238 e. The summed E-state index contributed by atoms with van der Waals surface area (Å²) in [6.07, 6.45) is 0. The Morgan fingerprint density at radius 3 is 2.45 bits per heavy atom. The van der Waals surface area contributed by atoms with Crippen molar-refractivity contribution in [2.75, 3.05) is 43.8 Å². The van der Waals surface area contributed by atoms with E-state index in [9.17, 15) is 24.0 Å². The van der Waals surface area contributed by atoms with Gasteiger partial charge in [0, 0.05) is 43.1 Å². The molecule has 0 radical (unpaired) electrons. The number of anilines is 1. The SMILES string of the molecule is CC(=O)c1cc(C#N)c(SCC(=O)N2CCN(CC(=O)Nc3ccc(F)cc3)CC2)nc1C. The van der Waals surface area contributed by atoms with Crippen molar-refractivity contribution in [1.29, 1.82) is 5.26 Å². The minimum absolute atomic E-state index is 0.0746. The van der Waals surface area contributed by atoms with Crippen LogP contribution < -0.4 is 5.32 Å². The Morgan fingerprint density at radius 2 is 1.85 bits per heavy atom. The first-order valence-corrected chi connectivity index (χ1v) is 11.4. The molecule has 10 heteroatoms. The Bertz CT molecular complexity index is 1090. The predicted octanol–water partition coefficient (Wildman–Crippen LogP) is 2.48. The normalized spacial score (nSPS) is 13.9. The van der Waals surface area contributed by atoms with Crippen LogP contribution in [0.25, 0.3) is 0 Å². The number of hydrogen-bond acceptors (Lipinski definition) is 7. The second-order valence-corrected chi connectivity index (χ2v) is 8.61. The number of aromatic nitrogens is 1. The molecule has 2 aromatic rings. The highest BCUT2D eigenvalue weighted by Crippen LogP contribution is 2.23. The van der Waals surface area contributed by atoms with Gasteiger partial charge in [-0.1, -0.05) is 11.8 Å². The van der Waals surface area contributed by atoms with E-state index in [2.05, 4.69) is 10.3 Å². The van der Waals surface area contributed by atoms with Crippen molar-refractivity contribution in [3.8, 4) is 6.07 Å². The molecule has 0 bridgehead atoms. The minimum Gasteiger partial charge on any atom is -0.339 e. The average Bonchev–Trinajstić information content (AvgIpc) is 2.79. The number of carbonyl (C=O) groups excluding carboxylic acids is 3. The number of piperazine rings is 1. The van der Waals surface area contributed by atoms with E-state index in [-0.39, 0.29) is 41.3 Å². The summed E-state index contributed by atoms with van der Waals surface area (Å²) in [6, 6.07) is 9.14. The van der Waals surface area contributed by atoms with Crippen molar-refractivity contribution >= 4 is 35.0 Å². The average molecular weight is 470 g/mol. The molecule has 0 saturated carbocycles. The van der Waals surface area contributed by atoms with Gasteiger partial charge in [0.15, 0.2) is 5.78 Å². The van der Waals surface area contributed by atoms with E-state index in [4.69, 9.17) is 0 Å². The van der Waals surface area contributed by atoms with E-state index < -0.39 is 0 Å². The Kier molecular flexibility index (Phi) is 8.14. The third-order valence-corrected chi connectivity index (χ3v) is 6.21. The van der Waals surface area contributed by atoms with Gasteiger partial charge >= 0.3 is 0 Å². The Morgan fingerprint density at radius 1 is 1.18 bits per heavy atom.